The van der Waals surface area contributed by atoms with Gasteiger partial charge in [0.1, 0.15) is 5.75 Å². The van der Waals surface area contributed by atoms with Crippen LogP contribution < -0.4 is 4.74 Å². The predicted molar refractivity (Wildman–Crippen MR) is 73.4 cm³/mol. The Kier molecular flexibility index (Phi) is 4.43. The van der Waals surface area contributed by atoms with Crippen LogP contribution >= 0.6 is 0 Å². The maximum Gasteiger partial charge on any atom is 0.306 e. The number of rotatable bonds is 4. The van der Waals surface area contributed by atoms with Crippen molar-refractivity contribution in [1.29, 1.82) is 0 Å². The summed E-state index contributed by atoms with van der Waals surface area (Å²) in [6.45, 7) is 4.58. The molecule has 0 aliphatic carbocycles. The largest absolute Gasteiger partial charge is 0.496 e. The van der Waals surface area contributed by atoms with Gasteiger partial charge >= 0.3 is 5.97 Å². The number of benzene rings is 1. The molecule has 0 spiro atoms. The van der Waals surface area contributed by atoms with Gasteiger partial charge in [0.05, 0.1) is 13.0 Å². The molecule has 0 atom stereocenters. The van der Waals surface area contributed by atoms with Crippen molar-refractivity contribution in [2.75, 3.05) is 20.2 Å². The van der Waals surface area contributed by atoms with E-state index in [1.807, 2.05) is 12.1 Å². The molecule has 1 aromatic carbocycles. The monoisotopic (exact) mass is 263 g/mol. The predicted octanol–water partition coefficient (Wildman–Crippen LogP) is 2.30. The lowest BCUT2D eigenvalue weighted by Gasteiger charge is -2.30. The summed E-state index contributed by atoms with van der Waals surface area (Å²) >= 11 is 0. The molecule has 0 amide bonds. The molecule has 0 unspecified atom stereocenters. The number of aryl methyl sites for hydroxylation is 1. The average Bonchev–Trinajstić information content (AvgIpc) is 2.39. The zero-order chi connectivity index (χ0) is 13.8. The molecule has 1 aliphatic rings. The maximum absolute atomic E-state index is 10.9. The molecule has 1 fully saturated rings. The van der Waals surface area contributed by atoms with Crippen LogP contribution in [0.3, 0.4) is 0 Å². The van der Waals surface area contributed by atoms with Crippen LogP contribution in [0.25, 0.3) is 0 Å². The number of nitrogens with zero attached hydrogens (tertiary/aromatic N) is 1. The van der Waals surface area contributed by atoms with Crippen molar-refractivity contribution < 1.29 is 14.6 Å². The van der Waals surface area contributed by atoms with E-state index in [0.717, 1.165) is 38.2 Å². The third kappa shape index (κ3) is 3.47. The van der Waals surface area contributed by atoms with Crippen LogP contribution in [0.5, 0.6) is 5.75 Å². The first kappa shape index (κ1) is 13.9. The second-order valence-electron chi connectivity index (χ2n) is 5.20. The molecule has 0 radical (unpaired) electrons. The molecule has 1 aliphatic heterocycles. The third-order valence-electron chi connectivity index (χ3n) is 3.77. The van der Waals surface area contributed by atoms with Crippen molar-refractivity contribution in [3.63, 3.8) is 0 Å². The van der Waals surface area contributed by atoms with Gasteiger partial charge in [-0.1, -0.05) is 17.7 Å². The quantitative estimate of drug-likeness (QED) is 0.905. The number of ether oxygens (including phenoxy) is 1. The number of carboxylic acid groups (broad SMARTS) is 1. The summed E-state index contributed by atoms with van der Waals surface area (Å²) in [5.41, 5.74) is 2.40. The summed E-state index contributed by atoms with van der Waals surface area (Å²) in [5, 5.41) is 8.99. The highest BCUT2D eigenvalue weighted by molar-refractivity contribution is 5.70. The number of hydrogen-bond donors (Lipinski definition) is 1. The molecule has 1 aromatic rings. The summed E-state index contributed by atoms with van der Waals surface area (Å²) in [4.78, 5) is 13.2. The molecular formula is C15H21NO3. The first-order valence-corrected chi connectivity index (χ1v) is 6.69. The molecule has 0 bridgehead atoms. The smallest absolute Gasteiger partial charge is 0.306 e. The molecule has 104 valence electrons. The van der Waals surface area contributed by atoms with Gasteiger partial charge in [0.25, 0.3) is 0 Å². The minimum absolute atomic E-state index is 0.171. The first-order valence-electron chi connectivity index (χ1n) is 6.69. The van der Waals surface area contributed by atoms with E-state index in [9.17, 15) is 4.79 Å². The van der Waals surface area contributed by atoms with Crippen molar-refractivity contribution in [2.45, 2.75) is 26.3 Å². The van der Waals surface area contributed by atoms with Gasteiger partial charge in [0.15, 0.2) is 0 Å². The van der Waals surface area contributed by atoms with Gasteiger partial charge < -0.3 is 9.84 Å². The summed E-state index contributed by atoms with van der Waals surface area (Å²) < 4.78 is 5.38. The van der Waals surface area contributed by atoms with Crippen LogP contribution in [0.1, 0.15) is 24.0 Å². The average molecular weight is 263 g/mol. The Morgan fingerprint density at radius 3 is 2.68 bits per heavy atom. The first-order chi connectivity index (χ1) is 9.10. The minimum atomic E-state index is -0.659. The SMILES string of the molecule is COc1ccc(C)cc1CN1CCC(C(=O)O)CC1. The van der Waals surface area contributed by atoms with Crippen molar-refractivity contribution in [3.05, 3.63) is 29.3 Å². The normalized spacial score (nSPS) is 17.4. The molecule has 0 saturated carbocycles. The van der Waals surface area contributed by atoms with E-state index >= 15 is 0 Å². The van der Waals surface area contributed by atoms with Crippen LogP contribution in [0.15, 0.2) is 18.2 Å². The zero-order valence-electron chi connectivity index (χ0n) is 11.6. The second kappa shape index (κ2) is 6.06. The number of piperidine rings is 1. The van der Waals surface area contributed by atoms with E-state index in [2.05, 4.69) is 17.9 Å². The van der Waals surface area contributed by atoms with Gasteiger partial charge in [-0.15, -0.1) is 0 Å². The molecule has 1 N–H and O–H groups in total. The van der Waals surface area contributed by atoms with E-state index < -0.39 is 5.97 Å². The van der Waals surface area contributed by atoms with E-state index in [-0.39, 0.29) is 5.92 Å². The molecular weight excluding hydrogens is 242 g/mol. The van der Waals surface area contributed by atoms with Crippen LogP contribution in [-0.2, 0) is 11.3 Å². The van der Waals surface area contributed by atoms with Crippen molar-refractivity contribution in [1.82, 2.24) is 4.90 Å². The van der Waals surface area contributed by atoms with Gasteiger partial charge in [-0.3, -0.25) is 9.69 Å². The Hall–Kier alpha value is -1.55. The van der Waals surface area contributed by atoms with E-state index in [4.69, 9.17) is 9.84 Å². The topological polar surface area (TPSA) is 49.8 Å². The Balaban J connectivity index is 1.99. The second-order valence-corrected chi connectivity index (χ2v) is 5.20. The molecule has 1 heterocycles. The summed E-state index contributed by atoms with van der Waals surface area (Å²) in [7, 11) is 1.69. The molecule has 0 aromatic heterocycles. The molecule has 2 rings (SSSR count). The van der Waals surface area contributed by atoms with Gasteiger partial charge in [-0.25, -0.2) is 0 Å². The molecule has 4 nitrogen and oxygen atoms in total. The highest BCUT2D eigenvalue weighted by Crippen LogP contribution is 2.24. The standard InChI is InChI=1S/C15H21NO3/c1-11-3-4-14(19-2)13(9-11)10-16-7-5-12(6-8-16)15(17)18/h3-4,9,12H,5-8,10H2,1-2H3,(H,17,18). The Labute approximate surface area is 114 Å². The van der Waals surface area contributed by atoms with E-state index in [0.29, 0.717) is 0 Å². The van der Waals surface area contributed by atoms with Gasteiger partial charge in [0.2, 0.25) is 0 Å². The molecule has 4 heteroatoms. The number of methoxy groups -OCH3 is 1. The lowest BCUT2D eigenvalue weighted by Crippen LogP contribution is -2.35. The Morgan fingerprint density at radius 2 is 2.11 bits per heavy atom. The van der Waals surface area contributed by atoms with Crippen LogP contribution in [-0.4, -0.2) is 36.2 Å². The van der Waals surface area contributed by atoms with Crippen LogP contribution in [0.4, 0.5) is 0 Å². The van der Waals surface area contributed by atoms with Gasteiger partial charge in [-0.05, 0) is 38.9 Å². The van der Waals surface area contributed by atoms with Crippen LogP contribution in [0.2, 0.25) is 0 Å². The van der Waals surface area contributed by atoms with Gasteiger partial charge in [-0.2, -0.15) is 0 Å². The Bertz CT molecular complexity index is 451. The highest BCUT2D eigenvalue weighted by Gasteiger charge is 2.24. The molecule has 1 saturated heterocycles. The Morgan fingerprint density at radius 1 is 1.42 bits per heavy atom. The number of hydrogen-bond acceptors (Lipinski definition) is 3. The minimum Gasteiger partial charge on any atom is -0.496 e. The number of likely N-dealkylation sites (tertiary alicyclic amines) is 1. The fourth-order valence-corrected chi connectivity index (χ4v) is 2.61. The van der Waals surface area contributed by atoms with E-state index in [1.54, 1.807) is 7.11 Å². The van der Waals surface area contributed by atoms with Crippen molar-refractivity contribution in [2.24, 2.45) is 5.92 Å². The van der Waals surface area contributed by atoms with Crippen molar-refractivity contribution >= 4 is 5.97 Å². The summed E-state index contributed by atoms with van der Waals surface area (Å²) in [6.07, 6.45) is 1.48. The lowest BCUT2D eigenvalue weighted by molar-refractivity contribution is -0.143. The fraction of sp³-hybridized carbons (Fsp3) is 0.533. The van der Waals surface area contributed by atoms with Crippen molar-refractivity contribution in [3.8, 4) is 5.75 Å². The summed E-state index contributed by atoms with van der Waals surface area (Å²) in [6, 6.07) is 6.18. The maximum atomic E-state index is 10.9. The number of carbonyl (C=O) groups is 1. The molecule has 19 heavy (non-hydrogen) atoms. The lowest BCUT2D eigenvalue weighted by atomic mass is 9.96. The van der Waals surface area contributed by atoms with Gasteiger partial charge in [0, 0.05) is 12.1 Å². The van der Waals surface area contributed by atoms with E-state index in [1.165, 1.54) is 11.1 Å². The zero-order valence-corrected chi connectivity index (χ0v) is 11.6. The summed E-state index contributed by atoms with van der Waals surface area (Å²) in [5.74, 6) is 0.0781. The third-order valence-corrected chi connectivity index (χ3v) is 3.77. The number of carboxylic acids is 1. The number of aliphatic carboxylic acids is 1. The van der Waals surface area contributed by atoms with Crippen LogP contribution in [0, 0.1) is 12.8 Å². The fourth-order valence-electron chi connectivity index (χ4n) is 2.61. The highest BCUT2D eigenvalue weighted by atomic mass is 16.5.